The molecule has 0 bridgehead atoms. The number of carbonyl (C=O) groups is 1. The van der Waals surface area contributed by atoms with Crippen molar-refractivity contribution in [1.29, 1.82) is 5.26 Å². The van der Waals surface area contributed by atoms with Gasteiger partial charge in [0.25, 0.3) is 0 Å². The second-order valence-electron chi connectivity index (χ2n) is 4.01. The molecule has 1 fully saturated rings. The largest absolute Gasteiger partial charge is 0.487 e. The number of ether oxygens (including phenoxy) is 1. The summed E-state index contributed by atoms with van der Waals surface area (Å²) in [5.74, 6) is -1.13. The van der Waals surface area contributed by atoms with Gasteiger partial charge in [0.05, 0.1) is 13.0 Å². The fourth-order valence-electron chi connectivity index (χ4n) is 1.77. The number of nitriles is 1. The van der Waals surface area contributed by atoms with E-state index in [2.05, 4.69) is 0 Å². The Kier molecular flexibility index (Phi) is 2.52. The molecule has 0 saturated heterocycles. The Morgan fingerprint density at radius 2 is 2.21 bits per heavy atom. The van der Waals surface area contributed by atoms with Crippen LogP contribution in [0.2, 0.25) is 0 Å². The number of allylic oxidation sites excluding steroid dienone is 2. The summed E-state index contributed by atoms with van der Waals surface area (Å²) in [6.07, 6.45) is 1.60. The van der Waals surface area contributed by atoms with Crippen molar-refractivity contribution >= 4 is 5.97 Å². The minimum absolute atomic E-state index is 0.102. The summed E-state index contributed by atoms with van der Waals surface area (Å²) in [5.41, 5.74) is -0.271. The molecular formula is C10H13NO3. The van der Waals surface area contributed by atoms with E-state index < -0.39 is 11.9 Å². The van der Waals surface area contributed by atoms with Gasteiger partial charge in [0.2, 0.25) is 0 Å². The molecule has 1 saturated carbocycles. The van der Waals surface area contributed by atoms with Gasteiger partial charge in [0, 0.05) is 5.92 Å². The van der Waals surface area contributed by atoms with Crippen LogP contribution in [-0.2, 0) is 9.53 Å². The Labute approximate surface area is 82.8 Å². The maximum Gasteiger partial charge on any atom is 0.307 e. The van der Waals surface area contributed by atoms with Crippen LogP contribution in [0.5, 0.6) is 0 Å². The predicted octanol–water partition coefficient (Wildman–Crippen LogP) is 1.40. The average Bonchev–Trinajstić information content (AvgIpc) is 2.63. The zero-order valence-corrected chi connectivity index (χ0v) is 8.44. The van der Waals surface area contributed by atoms with Crippen LogP contribution in [0.25, 0.3) is 0 Å². The second-order valence-corrected chi connectivity index (χ2v) is 4.01. The lowest BCUT2D eigenvalue weighted by Crippen LogP contribution is -2.03. The second kappa shape index (κ2) is 3.33. The van der Waals surface area contributed by atoms with Crippen molar-refractivity contribution in [3.05, 3.63) is 11.8 Å². The van der Waals surface area contributed by atoms with Gasteiger partial charge in [-0.2, -0.15) is 5.26 Å². The van der Waals surface area contributed by atoms with Crippen LogP contribution < -0.4 is 0 Å². The molecule has 76 valence electrons. The molecule has 1 aliphatic rings. The van der Waals surface area contributed by atoms with Crippen molar-refractivity contribution in [2.75, 3.05) is 7.11 Å². The fraction of sp³-hybridized carbons (Fsp3) is 0.600. The van der Waals surface area contributed by atoms with Crippen molar-refractivity contribution in [3.63, 3.8) is 0 Å². The van der Waals surface area contributed by atoms with E-state index in [0.717, 1.165) is 0 Å². The molecule has 0 heterocycles. The van der Waals surface area contributed by atoms with Crippen LogP contribution in [0.3, 0.4) is 0 Å². The molecular weight excluding hydrogens is 182 g/mol. The first-order valence-corrected chi connectivity index (χ1v) is 4.34. The first-order chi connectivity index (χ1) is 6.45. The van der Waals surface area contributed by atoms with Crippen LogP contribution in [0.1, 0.15) is 13.8 Å². The number of nitrogens with zero attached hydrogens (tertiary/aromatic N) is 1. The van der Waals surface area contributed by atoms with Crippen LogP contribution >= 0.6 is 0 Å². The number of hydrogen-bond acceptors (Lipinski definition) is 3. The number of hydrogen-bond donors (Lipinski definition) is 1. The molecule has 0 aromatic rings. The zero-order chi connectivity index (χ0) is 10.9. The summed E-state index contributed by atoms with van der Waals surface area (Å²) in [4.78, 5) is 10.8. The van der Waals surface area contributed by atoms with Gasteiger partial charge >= 0.3 is 5.97 Å². The van der Waals surface area contributed by atoms with E-state index in [0.29, 0.717) is 0 Å². The van der Waals surface area contributed by atoms with Crippen molar-refractivity contribution in [2.24, 2.45) is 17.3 Å². The number of methoxy groups -OCH3 is 1. The molecule has 4 heteroatoms. The van der Waals surface area contributed by atoms with Crippen LogP contribution in [0.15, 0.2) is 11.8 Å². The van der Waals surface area contributed by atoms with Gasteiger partial charge < -0.3 is 9.84 Å². The van der Waals surface area contributed by atoms with Crippen molar-refractivity contribution in [2.45, 2.75) is 13.8 Å². The first-order valence-electron chi connectivity index (χ1n) is 4.34. The summed E-state index contributed by atoms with van der Waals surface area (Å²) in [6.45, 7) is 3.75. The number of rotatable bonds is 3. The number of aliphatic carboxylic acids is 1. The normalized spacial score (nSPS) is 29.1. The molecule has 0 aromatic heterocycles. The monoisotopic (exact) mass is 195 g/mol. The van der Waals surface area contributed by atoms with Gasteiger partial charge in [-0.1, -0.05) is 13.8 Å². The lowest BCUT2D eigenvalue weighted by molar-refractivity contribution is -0.139. The van der Waals surface area contributed by atoms with Gasteiger partial charge in [-0.25, -0.2) is 0 Å². The molecule has 1 aliphatic carbocycles. The fourth-order valence-corrected chi connectivity index (χ4v) is 1.77. The van der Waals surface area contributed by atoms with Crippen LogP contribution in [-0.4, -0.2) is 18.2 Å². The highest BCUT2D eigenvalue weighted by atomic mass is 16.5. The Morgan fingerprint density at radius 1 is 1.64 bits per heavy atom. The van der Waals surface area contributed by atoms with Crippen molar-refractivity contribution < 1.29 is 14.6 Å². The minimum atomic E-state index is -0.815. The Morgan fingerprint density at radius 3 is 2.50 bits per heavy atom. The quantitative estimate of drug-likeness (QED) is 0.545. The third-order valence-electron chi connectivity index (χ3n) is 2.84. The Balaban J connectivity index is 2.80. The molecule has 2 atom stereocenters. The smallest absolute Gasteiger partial charge is 0.307 e. The van der Waals surface area contributed by atoms with Crippen molar-refractivity contribution in [1.82, 2.24) is 0 Å². The molecule has 0 unspecified atom stereocenters. The predicted molar refractivity (Wildman–Crippen MR) is 49.1 cm³/mol. The molecule has 0 aliphatic heterocycles. The zero-order valence-electron chi connectivity index (χ0n) is 8.44. The van der Waals surface area contributed by atoms with E-state index in [9.17, 15) is 4.79 Å². The maximum absolute atomic E-state index is 10.8. The van der Waals surface area contributed by atoms with E-state index in [1.165, 1.54) is 7.11 Å². The highest BCUT2D eigenvalue weighted by Crippen LogP contribution is 2.59. The molecule has 14 heavy (non-hydrogen) atoms. The molecule has 0 aromatic carbocycles. The van der Waals surface area contributed by atoms with E-state index in [-0.39, 0.29) is 17.1 Å². The maximum atomic E-state index is 10.8. The minimum Gasteiger partial charge on any atom is -0.487 e. The van der Waals surface area contributed by atoms with Crippen LogP contribution in [0.4, 0.5) is 0 Å². The third kappa shape index (κ3) is 1.58. The highest BCUT2D eigenvalue weighted by molar-refractivity contribution is 5.76. The van der Waals surface area contributed by atoms with E-state index in [1.807, 2.05) is 19.9 Å². The van der Waals surface area contributed by atoms with Crippen LogP contribution in [0, 0.1) is 28.6 Å². The molecule has 0 spiro atoms. The summed E-state index contributed by atoms with van der Waals surface area (Å²) < 4.78 is 4.78. The summed E-state index contributed by atoms with van der Waals surface area (Å²) in [5, 5.41) is 17.5. The van der Waals surface area contributed by atoms with Gasteiger partial charge in [-0.15, -0.1) is 0 Å². The molecule has 1 N–H and O–H groups in total. The summed E-state index contributed by atoms with van der Waals surface area (Å²) in [6, 6.07) is 1.87. The Hall–Kier alpha value is -1.50. The third-order valence-corrected chi connectivity index (χ3v) is 2.84. The Bertz CT molecular complexity index is 325. The lowest BCUT2D eigenvalue weighted by Gasteiger charge is -1.97. The molecule has 0 amide bonds. The summed E-state index contributed by atoms with van der Waals surface area (Å²) >= 11 is 0. The lowest BCUT2D eigenvalue weighted by atomic mass is 10.1. The number of carboxylic acids is 1. The first kappa shape index (κ1) is 10.6. The van der Waals surface area contributed by atoms with Gasteiger partial charge in [-0.05, 0) is 11.5 Å². The average molecular weight is 195 g/mol. The standard InChI is InChI=1S/C10H13NO3/c1-10(2)7(8(10)9(12)13)4-6(5-11)14-3/h4,7-8H,1-3H3,(H,12,13)/b6-4-/t7-,8-/m0/s1. The summed E-state index contributed by atoms with van der Waals surface area (Å²) in [7, 11) is 1.40. The SMILES string of the molecule is CO/C(C#N)=C\[C@H]1[C@@H](C(=O)O)C1(C)C. The molecule has 0 radical (unpaired) electrons. The molecule has 4 nitrogen and oxygen atoms in total. The van der Waals surface area contributed by atoms with Crippen molar-refractivity contribution in [3.8, 4) is 6.07 Å². The molecule has 1 rings (SSSR count). The van der Waals surface area contributed by atoms with E-state index in [4.69, 9.17) is 15.1 Å². The van der Waals surface area contributed by atoms with E-state index in [1.54, 1.807) is 6.08 Å². The van der Waals surface area contributed by atoms with Gasteiger partial charge in [0.1, 0.15) is 6.07 Å². The van der Waals surface area contributed by atoms with Gasteiger partial charge in [-0.3, -0.25) is 4.79 Å². The highest BCUT2D eigenvalue weighted by Gasteiger charge is 2.61. The number of carboxylic acid groups (broad SMARTS) is 1. The topological polar surface area (TPSA) is 70.3 Å². The van der Waals surface area contributed by atoms with Gasteiger partial charge in [0.15, 0.2) is 5.76 Å². The van der Waals surface area contributed by atoms with E-state index >= 15 is 0 Å².